The fourth-order valence-corrected chi connectivity index (χ4v) is 9.71. The Balaban J connectivity index is 1.10. The van der Waals surface area contributed by atoms with E-state index in [9.17, 15) is 44.6 Å². The first kappa shape index (κ1) is 40.5. The molecule has 0 radical (unpaired) electrons. The van der Waals surface area contributed by atoms with E-state index in [1.807, 2.05) is 4.90 Å². The van der Waals surface area contributed by atoms with E-state index in [-0.39, 0.29) is 101 Å². The smallest absolute Gasteiger partial charge is 0.435 e. The molecule has 10 nitrogen and oxygen atoms in total. The van der Waals surface area contributed by atoms with Crippen LogP contribution in [0.3, 0.4) is 0 Å². The summed E-state index contributed by atoms with van der Waals surface area (Å²) in [4.78, 5) is 17.1. The van der Waals surface area contributed by atoms with Gasteiger partial charge in [0.2, 0.25) is 5.88 Å². The number of hydrogen-bond donors (Lipinski definition) is 2. The Kier molecular flexibility index (Phi) is 9.30. The maximum atomic E-state index is 17.2. The molecule has 2 aromatic heterocycles. The zero-order chi connectivity index (χ0) is 42.7. The van der Waals surface area contributed by atoms with Crippen LogP contribution >= 0.6 is 0 Å². The zero-order valence-electron chi connectivity index (χ0n) is 31.0. The number of phenols is 1. The first-order chi connectivity index (χ1) is 28.2. The molecule has 4 saturated heterocycles. The highest BCUT2D eigenvalue weighted by molar-refractivity contribution is 6.04. The van der Waals surface area contributed by atoms with Gasteiger partial charge in [-0.05, 0) is 68.7 Å². The van der Waals surface area contributed by atoms with E-state index in [4.69, 9.17) is 20.9 Å². The van der Waals surface area contributed by atoms with Crippen molar-refractivity contribution in [3.63, 3.8) is 0 Å². The minimum absolute atomic E-state index is 0.0455. The highest BCUT2D eigenvalue weighted by atomic mass is 19.4. The highest BCUT2D eigenvalue weighted by Crippen LogP contribution is 2.56. The Hall–Kier alpha value is -4.94. The van der Waals surface area contributed by atoms with E-state index in [2.05, 4.69) is 25.9 Å². The Morgan fingerprint density at radius 3 is 2.40 bits per heavy atom. The summed E-state index contributed by atoms with van der Waals surface area (Å²) in [5.41, 5.74) is -8.53. The van der Waals surface area contributed by atoms with Crippen molar-refractivity contribution in [1.82, 2.24) is 25.2 Å². The average Bonchev–Trinajstić information content (AvgIpc) is 3.73. The lowest BCUT2D eigenvalue weighted by Gasteiger charge is -2.47. The molecule has 9 rings (SSSR count). The number of pyridine rings is 1. The molecule has 7 heterocycles. The second-order valence-corrected chi connectivity index (χ2v) is 15.9. The second kappa shape index (κ2) is 13.8. The van der Waals surface area contributed by atoms with Crippen LogP contribution in [0.2, 0.25) is 0 Å². The van der Waals surface area contributed by atoms with Gasteiger partial charge in [0.1, 0.15) is 47.2 Å². The number of aromatic nitrogens is 3. The summed E-state index contributed by atoms with van der Waals surface area (Å²) in [6.07, 6.45) is -15.6. The summed E-state index contributed by atoms with van der Waals surface area (Å²) in [5.74, 6) is 0.281. The predicted octanol–water partition coefficient (Wildman–Crippen LogP) is 7.33. The van der Waals surface area contributed by atoms with Crippen LogP contribution in [0.25, 0.3) is 32.9 Å². The largest absolute Gasteiger partial charge is 0.508 e. The summed E-state index contributed by atoms with van der Waals surface area (Å²) < 4.78 is 173. The first-order valence-corrected chi connectivity index (χ1v) is 19.0. The third-order valence-electron chi connectivity index (χ3n) is 12.5. The Labute approximate surface area is 333 Å². The molecule has 4 aromatic rings. The standard InChI is InChI=1S/C39H33F11N6O4/c1-2-22-24(40)6-4-18-12-20(57)13-23(27(18)22)30-29(41)31-28-32(56-14-19-5-7-25(51-19)26(56)16-58-33(28)52-30)54-34(53-31)59-17-35-9-3-11-55(35)15-21(8-10-35)60-36(37(42,43)44,38(45,46)47)39(48,49)50/h1,4,6,12-13,19,21,25-26,51,57H,3,5,7-11,14-17H2/t19-,21-,25+,26-,35+/m1/s1. The molecule has 0 amide bonds. The fourth-order valence-electron chi connectivity index (χ4n) is 9.71. The van der Waals surface area contributed by atoms with E-state index in [0.29, 0.717) is 19.4 Å². The summed E-state index contributed by atoms with van der Waals surface area (Å²) in [6.45, 7) is -0.429. The molecular formula is C39H33F11N6O4. The minimum atomic E-state index is -6.87. The number of anilines is 1. The van der Waals surface area contributed by atoms with E-state index in [1.54, 1.807) is 0 Å². The minimum Gasteiger partial charge on any atom is -0.508 e. The van der Waals surface area contributed by atoms with Gasteiger partial charge in [-0.1, -0.05) is 12.0 Å². The number of nitrogens with zero attached hydrogens (tertiary/aromatic N) is 5. The third-order valence-corrected chi connectivity index (χ3v) is 12.5. The van der Waals surface area contributed by atoms with Gasteiger partial charge in [0, 0.05) is 36.1 Å². The predicted molar refractivity (Wildman–Crippen MR) is 190 cm³/mol. The van der Waals surface area contributed by atoms with Gasteiger partial charge in [-0.2, -0.15) is 49.5 Å². The Morgan fingerprint density at radius 1 is 0.933 bits per heavy atom. The number of alkyl halides is 9. The second-order valence-electron chi connectivity index (χ2n) is 15.9. The lowest BCUT2D eigenvalue weighted by atomic mass is 9.85. The molecule has 320 valence electrons. The monoisotopic (exact) mass is 858 g/mol. The molecular weight excluding hydrogens is 825 g/mol. The fraction of sp³-hybridized carbons (Fsp3) is 0.513. The number of terminal acetylenes is 1. The van der Waals surface area contributed by atoms with Crippen LogP contribution in [0, 0.1) is 24.0 Å². The van der Waals surface area contributed by atoms with Crippen molar-refractivity contribution in [2.45, 2.75) is 92.4 Å². The number of rotatable bonds is 6. The third kappa shape index (κ3) is 6.14. The first-order valence-electron chi connectivity index (χ1n) is 19.0. The van der Waals surface area contributed by atoms with Gasteiger partial charge < -0.3 is 29.5 Å². The SMILES string of the molecule is C#Cc1c(F)ccc2cc(O)cc(-c3nc4c5c(nc(OC[C@@]67CCCN6C[C@H](OC(C(F)(F)F)(C(F)(F)F)C(F)(F)F)CC7)nc5c3F)N3C[C@H]5CC[C@H](N5)[C@H]3CO4)c12. The van der Waals surface area contributed by atoms with Crippen LogP contribution in [0.5, 0.6) is 17.6 Å². The zero-order valence-corrected chi connectivity index (χ0v) is 31.0. The van der Waals surface area contributed by atoms with E-state index >= 15 is 8.78 Å². The van der Waals surface area contributed by atoms with E-state index < -0.39 is 66.1 Å². The summed E-state index contributed by atoms with van der Waals surface area (Å²) in [5, 5.41) is 14.7. The highest BCUT2D eigenvalue weighted by Gasteiger charge is 2.86. The molecule has 2 aromatic carbocycles. The van der Waals surface area contributed by atoms with Crippen molar-refractivity contribution in [2.75, 3.05) is 37.7 Å². The summed E-state index contributed by atoms with van der Waals surface area (Å²) in [7, 11) is 0. The number of ether oxygens (including phenoxy) is 3. The number of piperidine rings is 1. The number of fused-ring (bicyclic) bond motifs is 7. The summed E-state index contributed by atoms with van der Waals surface area (Å²) >= 11 is 0. The van der Waals surface area contributed by atoms with Crippen molar-refractivity contribution < 1.29 is 67.6 Å². The number of nitrogens with one attached hydrogen (secondary N) is 1. The molecule has 0 unspecified atom stereocenters. The Bertz CT molecular complexity index is 2400. The molecule has 4 fully saturated rings. The molecule has 0 saturated carbocycles. The van der Waals surface area contributed by atoms with Crippen LogP contribution in [-0.4, -0.2) is 112 Å². The lowest BCUT2D eigenvalue weighted by molar-refractivity contribution is -0.465. The molecule has 0 spiro atoms. The van der Waals surface area contributed by atoms with E-state index in [1.165, 1.54) is 23.1 Å². The number of aromatic hydroxyl groups is 1. The van der Waals surface area contributed by atoms with Gasteiger partial charge in [-0.3, -0.25) is 4.90 Å². The molecule has 21 heteroatoms. The molecule has 60 heavy (non-hydrogen) atoms. The maximum absolute atomic E-state index is 17.2. The van der Waals surface area contributed by atoms with Crippen LogP contribution in [-0.2, 0) is 4.74 Å². The molecule has 5 aliphatic rings. The molecule has 5 aliphatic heterocycles. The molecule has 5 atom stereocenters. The quantitative estimate of drug-likeness (QED) is 0.151. The molecule has 2 N–H and O–H groups in total. The maximum Gasteiger partial charge on any atom is 0.435 e. The number of piperazine rings is 1. The van der Waals surface area contributed by atoms with Gasteiger partial charge in [0.15, 0.2) is 5.82 Å². The Morgan fingerprint density at radius 2 is 1.68 bits per heavy atom. The lowest BCUT2D eigenvalue weighted by Crippen LogP contribution is -2.70. The normalized spacial score (nSPS) is 25.8. The average molecular weight is 859 g/mol. The number of phenolic OH excluding ortho intramolecular Hbond substituents is 1. The van der Waals surface area contributed by atoms with Gasteiger partial charge in [0.05, 0.1) is 23.2 Å². The van der Waals surface area contributed by atoms with Gasteiger partial charge >= 0.3 is 30.1 Å². The van der Waals surface area contributed by atoms with Crippen molar-refractivity contribution in [3.05, 3.63) is 41.5 Å². The summed E-state index contributed by atoms with van der Waals surface area (Å²) in [6, 6.07) is 4.25. The van der Waals surface area contributed by atoms with Crippen molar-refractivity contribution in [1.29, 1.82) is 0 Å². The van der Waals surface area contributed by atoms with Crippen LogP contribution in [0.4, 0.5) is 54.1 Å². The van der Waals surface area contributed by atoms with Crippen molar-refractivity contribution >= 4 is 27.5 Å². The van der Waals surface area contributed by atoms with Gasteiger partial charge in [-0.25, -0.2) is 13.8 Å². The van der Waals surface area contributed by atoms with Crippen LogP contribution in [0.1, 0.15) is 44.1 Å². The molecule has 2 bridgehead atoms. The topological polar surface area (TPSA) is 105 Å². The van der Waals surface area contributed by atoms with Gasteiger partial charge in [-0.15, -0.1) is 6.42 Å². The van der Waals surface area contributed by atoms with Crippen LogP contribution < -0.4 is 19.7 Å². The number of hydrogen-bond acceptors (Lipinski definition) is 10. The molecule has 0 aliphatic carbocycles. The number of benzene rings is 2. The van der Waals surface area contributed by atoms with E-state index in [0.717, 1.165) is 18.9 Å². The van der Waals surface area contributed by atoms with Crippen LogP contribution in [0.15, 0.2) is 24.3 Å². The number of halogens is 11. The van der Waals surface area contributed by atoms with Gasteiger partial charge in [0.25, 0.3) is 0 Å². The van der Waals surface area contributed by atoms with Crippen molar-refractivity contribution in [2.24, 2.45) is 0 Å². The van der Waals surface area contributed by atoms with Crippen molar-refractivity contribution in [3.8, 4) is 41.2 Å².